The molecular weight excluding hydrogens is 335 g/mol. The van der Waals surface area contributed by atoms with E-state index < -0.39 is 0 Å². The molecule has 0 spiro atoms. The highest BCUT2D eigenvalue weighted by atomic mass is 19.1. The van der Waals surface area contributed by atoms with Gasteiger partial charge in [-0.25, -0.2) is 19.3 Å². The van der Waals surface area contributed by atoms with Gasteiger partial charge in [0.25, 0.3) is 0 Å². The van der Waals surface area contributed by atoms with E-state index in [-0.39, 0.29) is 24.2 Å². The number of nitrogens with zero attached hydrogens (tertiary/aromatic N) is 5. The number of benzene rings is 1. The Morgan fingerprint density at radius 3 is 2.81 bits per heavy atom. The number of rotatable bonds is 5. The van der Waals surface area contributed by atoms with Crippen molar-refractivity contribution in [2.75, 3.05) is 18.0 Å². The minimum absolute atomic E-state index is 0.0756. The Bertz CT molecular complexity index is 908. The largest absolute Gasteiger partial charge is 0.355 e. The molecule has 0 unspecified atom stereocenters. The maximum atomic E-state index is 13.6. The number of hydrogen-bond acceptors (Lipinski definition) is 5. The van der Waals surface area contributed by atoms with Gasteiger partial charge in [-0.1, -0.05) is 18.2 Å². The van der Waals surface area contributed by atoms with Crippen molar-refractivity contribution in [2.24, 2.45) is 5.92 Å². The highest BCUT2D eigenvalue weighted by molar-refractivity contribution is 5.81. The fourth-order valence-corrected chi connectivity index (χ4v) is 2.85. The number of carbonyl (C=O) groups excluding carboxylic acids is 1. The quantitative estimate of drug-likeness (QED) is 0.754. The summed E-state index contributed by atoms with van der Waals surface area (Å²) < 4.78 is 15.4. The summed E-state index contributed by atoms with van der Waals surface area (Å²) in [6.07, 6.45) is 6.65. The lowest BCUT2D eigenvalue weighted by molar-refractivity contribution is -0.125. The molecule has 26 heavy (non-hydrogen) atoms. The van der Waals surface area contributed by atoms with E-state index in [0.29, 0.717) is 18.7 Å². The molecule has 132 valence electrons. The summed E-state index contributed by atoms with van der Waals surface area (Å²) in [6, 6.07) is 8.29. The second-order valence-corrected chi connectivity index (χ2v) is 6.12. The molecule has 0 atom stereocenters. The molecule has 1 aliphatic heterocycles. The van der Waals surface area contributed by atoms with Gasteiger partial charge in [-0.05, 0) is 6.07 Å². The van der Waals surface area contributed by atoms with Gasteiger partial charge in [0.15, 0.2) is 0 Å². The molecule has 7 nitrogen and oxygen atoms in total. The lowest BCUT2D eigenvalue weighted by Crippen LogP contribution is -2.54. The zero-order chi connectivity index (χ0) is 17.9. The summed E-state index contributed by atoms with van der Waals surface area (Å²) in [5.41, 5.74) is 0.484. The number of imidazole rings is 1. The third-order valence-electron chi connectivity index (χ3n) is 4.39. The molecule has 0 radical (unpaired) electrons. The molecule has 3 heterocycles. The van der Waals surface area contributed by atoms with Gasteiger partial charge in [-0.2, -0.15) is 0 Å². The van der Waals surface area contributed by atoms with E-state index in [9.17, 15) is 9.18 Å². The van der Waals surface area contributed by atoms with Crippen molar-refractivity contribution in [1.29, 1.82) is 0 Å². The first-order chi connectivity index (χ1) is 12.7. The Hall–Kier alpha value is -3.29. The Morgan fingerprint density at radius 2 is 2.04 bits per heavy atom. The standard InChI is InChI=1S/C18H17FN6O/c19-15-4-2-1-3-13(15)8-21-18(26)14-9-25(10-14)17-7-16(22-11-23-17)24-6-5-20-12-24/h1-7,11-12,14H,8-10H2,(H,21,26). The van der Waals surface area contributed by atoms with Crippen molar-refractivity contribution in [3.63, 3.8) is 0 Å². The highest BCUT2D eigenvalue weighted by Gasteiger charge is 2.33. The molecule has 0 aliphatic carbocycles. The van der Waals surface area contributed by atoms with Gasteiger partial charge >= 0.3 is 0 Å². The summed E-state index contributed by atoms with van der Waals surface area (Å²) in [5, 5.41) is 2.80. The third kappa shape index (κ3) is 3.26. The Kier molecular flexibility index (Phi) is 4.30. The van der Waals surface area contributed by atoms with Gasteiger partial charge < -0.3 is 10.2 Å². The van der Waals surface area contributed by atoms with Crippen LogP contribution in [0.3, 0.4) is 0 Å². The maximum absolute atomic E-state index is 13.6. The van der Waals surface area contributed by atoms with Crippen molar-refractivity contribution in [1.82, 2.24) is 24.8 Å². The van der Waals surface area contributed by atoms with Crippen LogP contribution in [0.5, 0.6) is 0 Å². The van der Waals surface area contributed by atoms with E-state index in [1.165, 1.54) is 12.4 Å². The predicted molar refractivity (Wildman–Crippen MR) is 93.1 cm³/mol. The van der Waals surface area contributed by atoms with Gasteiger partial charge in [0.05, 0.1) is 5.92 Å². The molecule has 0 bridgehead atoms. The summed E-state index contributed by atoms with van der Waals surface area (Å²) in [5.74, 6) is 0.972. The van der Waals surface area contributed by atoms with Crippen molar-refractivity contribution in [3.05, 3.63) is 66.8 Å². The molecule has 0 saturated carbocycles. The van der Waals surface area contributed by atoms with Crippen LogP contribution in [0, 0.1) is 11.7 Å². The van der Waals surface area contributed by atoms with Crippen LogP contribution in [0.2, 0.25) is 0 Å². The Morgan fingerprint density at radius 1 is 1.23 bits per heavy atom. The second-order valence-electron chi connectivity index (χ2n) is 6.12. The number of halogens is 1. The first-order valence-corrected chi connectivity index (χ1v) is 8.27. The summed E-state index contributed by atoms with van der Waals surface area (Å²) >= 11 is 0. The van der Waals surface area contributed by atoms with Crippen molar-refractivity contribution in [2.45, 2.75) is 6.54 Å². The number of hydrogen-bond donors (Lipinski definition) is 1. The zero-order valence-electron chi connectivity index (χ0n) is 13.9. The Balaban J connectivity index is 1.33. The molecule has 1 N–H and O–H groups in total. The van der Waals surface area contributed by atoms with Crippen LogP contribution in [0.25, 0.3) is 5.82 Å². The first-order valence-electron chi connectivity index (χ1n) is 8.27. The van der Waals surface area contributed by atoms with Crippen LogP contribution >= 0.6 is 0 Å². The number of carbonyl (C=O) groups is 1. The van der Waals surface area contributed by atoms with E-state index in [0.717, 1.165) is 11.6 Å². The summed E-state index contributed by atoms with van der Waals surface area (Å²) in [4.78, 5) is 26.7. The number of nitrogens with one attached hydrogen (secondary N) is 1. The smallest absolute Gasteiger partial charge is 0.226 e. The van der Waals surface area contributed by atoms with Crippen molar-refractivity contribution < 1.29 is 9.18 Å². The minimum Gasteiger partial charge on any atom is -0.355 e. The summed E-state index contributed by atoms with van der Waals surface area (Å²) in [7, 11) is 0. The fraction of sp³-hybridized carbons (Fsp3) is 0.222. The molecule has 4 rings (SSSR count). The molecule has 1 fully saturated rings. The van der Waals surface area contributed by atoms with Gasteiger partial charge in [-0.15, -0.1) is 0 Å². The van der Waals surface area contributed by atoms with E-state index in [2.05, 4.69) is 20.3 Å². The van der Waals surface area contributed by atoms with Crippen molar-refractivity contribution in [3.8, 4) is 5.82 Å². The zero-order valence-corrected chi connectivity index (χ0v) is 13.9. The topological polar surface area (TPSA) is 75.9 Å². The average molecular weight is 352 g/mol. The SMILES string of the molecule is O=C(NCc1ccccc1F)C1CN(c2cc(-n3ccnc3)ncn2)C1. The van der Waals surface area contributed by atoms with Gasteiger partial charge in [0, 0.05) is 43.7 Å². The lowest BCUT2D eigenvalue weighted by atomic mass is 9.99. The fourth-order valence-electron chi connectivity index (χ4n) is 2.85. The van der Waals surface area contributed by atoms with E-state index >= 15 is 0 Å². The molecule has 3 aromatic rings. The molecule has 1 saturated heterocycles. The van der Waals surface area contributed by atoms with Crippen molar-refractivity contribution >= 4 is 11.7 Å². The van der Waals surface area contributed by atoms with Gasteiger partial charge in [0.1, 0.15) is 30.1 Å². The molecule has 1 aromatic carbocycles. The van der Waals surface area contributed by atoms with E-state index in [1.807, 2.05) is 11.0 Å². The molecular formula is C18H17FN6O. The third-order valence-corrected chi connectivity index (χ3v) is 4.39. The van der Waals surface area contributed by atoms with Crippen LogP contribution in [0.15, 0.2) is 55.4 Å². The number of anilines is 1. The van der Waals surface area contributed by atoms with Crippen LogP contribution in [0.1, 0.15) is 5.56 Å². The Labute approximate surface area is 149 Å². The average Bonchev–Trinajstić information content (AvgIpc) is 3.15. The maximum Gasteiger partial charge on any atom is 0.226 e. The lowest BCUT2D eigenvalue weighted by Gasteiger charge is -2.39. The van der Waals surface area contributed by atoms with Crippen LogP contribution in [-0.2, 0) is 11.3 Å². The van der Waals surface area contributed by atoms with Gasteiger partial charge in [-0.3, -0.25) is 9.36 Å². The van der Waals surface area contributed by atoms with E-state index in [4.69, 9.17) is 0 Å². The number of amides is 1. The second kappa shape index (κ2) is 6.91. The molecule has 1 aliphatic rings. The normalized spacial score (nSPS) is 14.1. The molecule has 1 amide bonds. The monoisotopic (exact) mass is 352 g/mol. The van der Waals surface area contributed by atoms with Crippen LogP contribution < -0.4 is 10.2 Å². The number of aromatic nitrogens is 4. The van der Waals surface area contributed by atoms with Crippen LogP contribution in [0.4, 0.5) is 10.2 Å². The first kappa shape index (κ1) is 16.2. The van der Waals surface area contributed by atoms with Crippen LogP contribution in [-0.4, -0.2) is 38.5 Å². The van der Waals surface area contributed by atoms with E-state index in [1.54, 1.807) is 41.5 Å². The predicted octanol–water partition coefficient (Wildman–Crippen LogP) is 1.55. The summed E-state index contributed by atoms with van der Waals surface area (Å²) in [6.45, 7) is 1.34. The minimum atomic E-state index is -0.309. The molecule has 2 aromatic heterocycles. The molecule has 8 heteroatoms. The highest BCUT2D eigenvalue weighted by Crippen LogP contribution is 2.23. The van der Waals surface area contributed by atoms with Gasteiger partial charge in [0.2, 0.25) is 5.91 Å².